The molecule has 1 amide bonds. The van der Waals surface area contributed by atoms with Crippen molar-refractivity contribution in [2.75, 3.05) is 26.7 Å². The molecule has 2 aromatic rings. The van der Waals surface area contributed by atoms with Crippen molar-refractivity contribution in [3.8, 4) is 0 Å². The first-order valence-electron chi connectivity index (χ1n) is 7.77. The number of hydrogen-bond donors (Lipinski definition) is 0. The number of amides is 1. The zero-order valence-electron chi connectivity index (χ0n) is 13.1. The Bertz CT molecular complexity index is 659. The van der Waals surface area contributed by atoms with Gasteiger partial charge in [0.05, 0.1) is 6.04 Å². The number of carbonyl (C=O) groups is 1. The van der Waals surface area contributed by atoms with E-state index in [0.29, 0.717) is 23.8 Å². The Kier molecular flexibility index (Phi) is 4.98. The summed E-state index contributed by atoms with van der Waals surface area (Å²) in [5, 5.41) is 3.96. The van der Waals surface area contributed by atoms with E-state index in [1.807, 2.05) is 23.1 Å². The van der Waals surface area contributed by atoms with E-state index in [0.717, 1.165) is 19.6 Å². The van der Waals surface area contributed by atoms with E-state index in [2.05, 4.69) is 29.2 Å². The first-order chi connectivity index (χ1) is 11.1. The molecular weight excluding hydrogens is 314 g/mol. The summed E-state index contributed by atoms with van der Waals surface area (Å²) in [6.07, 6.45) is 0.942. The average molecular weight is 334 g/mol. The Hall–Kier alpha value is -1.85. The van der Waals surface area contributed by atoms with Crippen molar-refractivity contribution in [2.24, 2.45) is 0 Å². The highest BCUT2D eigenvalue weighted by atomic mass is 35.5. The largest absolute Gasteiger partial charge is 0.360 e. The summed E-state index contributed by atoms with van der Waals surface area (Å²) in [5.41, 5.74) is 1.24. The number of benzene rings is 1. The van der Waals surface area contributed by atoms with Crippen molar-refractivity contribution < 1.29 is 9.32 Å². The van der Waals surface area contributed by atoms with Gasteiger partial charge >= 0.3 is 0 Å². The Labute approximate surface area is 140 Å². The van der Waals surface area contributed by atoms with Gasteiger partial charge in [0, 0.05) is 38.5 Å². The van der Waals surface area contributed by atoms with E-state index < -0.39 is 0 Å². The van der Waals surface area contributed by atoms with Crippen LogP contribution >= 0.6 is 11.6 Å². The third-order valence-electron chi connectivity index (χ3n) is 4.30. The van der Waals surface area contributed by atoms with E-state index in [9.17, 15) is 4.79 Å². The zero-order valence-corrected chi connectivity index (χ0v) is 13.9. The molecule has 0 unspecified atom stereocenters. The molecule has 0 saturated carbocycles. The predicted octanol–water partition coefficient (Wildman–Crippen LogP) is 2.78. The Morgan fingerprint density at radius 1 is 1.35 bits per heavy atom. The summed E-state index contributed by atoms with van der Waals surface area (Å²) in [5.74, 6) is 0.795. The first-order valence-corrected chi connectivity index (χ1v) is 8.15. The number of aryl methyl sites for hydroxylation is 1. The number of rotatable bonds is 4. The van der Waals surface area contributed by atoms with Crippen LogP contribution < -0.4 is 0 Å². The summed E-state index contributed by atoms with van der Waals surface area (Å²) in [6, 6.07) is 12.2. The molecule has 1 aromatic heterocycles. The van der Waals surface area contributed by atoms with Gasteiger partial charge in [-0.2, -0.15) is 0 Å². The van der Waals surface area contributed by atoms with E-state index >= 15 is 0 Å². The second kappa shape index (κ2) is 7.15. The smallest absolute Gasteiger partial charge is 0.223 e. The van der Waals surface area contributed by atoms with Crippen LogP contribution in [0.15, 0.2) is 40.9 Å². The van der Waals surface area contributed by atoms with Crippen LogP contribution in [0.1, 0.15) is 23.8 Å². The molecule has 1 aliphatic heterocycles. The number of hydrogen-bond acceptors (Lipinski definition) is 4. The molecule has 0 bridgehead atoms. The first kappa shape index (κ1) is 16.0. The van der Waals surface area contributed by atoms with Crippen LogP contribution in [0.5, 0.6) is 0 Å². The van der Waals surface area contributed by atoms with Gasteiger partial charge in [-0.3, -0.25) is 9.69 Å². The van der Waals surface area contributed by atoms with Gasteiger partial charge in [0.1, 0.15) is 5.76 Å². The lowest BCUT2D eigenvalue weighted by atomic mass is 10.0. The molecule has 1 saturated heterocycles. The van der Waals surface area contributed by atoms with Crippen molar-refractivity contribution in [2.45, 2.75) is 18.9 Å². The van der Waals surface area contributed by atoms with E-state index in [-0.39, 0.29) is 11.9 Å². The highest BCUT2D eigenvalue weighted by Gasteiger charge is 2.28. The maximum Gasteiger partial charge on any atom is 0.223 e. The van der Waals surface area contributed by atoms with Crippen LogP contribution in [0.3, 0.4) is 0 Å². The second-order valence-corrected chi connectivity index (χ2v) is 6.25. The molecule has 0 N–H and O–H groups in total. The van der Waals surface area contributed by atoms with E-state index in [1.165, 1.54) is 5.56 Å². The molecule has 1 fully saturated rings. The van der Waals surface area contributed by atoms with Crippen LogP contribution in [0.2, 0.25) is 5.15 Å². The monoisotopic (exact) mass is 333 g/mol. The fourth-order valence-electron chi connectivity index (χ4n) is 2.93. The normalized spacial score (nSPS) is 19.0. The Morgan fingerprint density at radius 3 is 2.83 bits per heavy atom. The quantitative estimate of drug-likeness (QED) is 0.863. The SMILES string of the molecule is CN1CCN(C(=O)CCc2cc(Cl)no2)C[C@@H]1c1ccccc1. The molecule has 122 valence electrons. The number of aromatic nitrogens is 1. The molecule has 6 heteroatoms. The average Bonchev–Trinajstić information content (AvgIpc) is 2.99. The minimum Gasteiger partial charge on any atom is -0.360 e. The van der Waals surface area contributed by atoms with Crippen LogP contribution in [-0.2, 0) is 11.2 Å². The van der Waals surface area contributed by atoms with Gasteiger partial charge in [0.25, 0.3) is 0 Å². The van der Waals surface area contributed by atoms with Crippen molar-refractivity contribution >= 4 is 17.5 Å². The molecule has 3 rings (SSSR count). The highest BCUT2D eigenvalue weighted by molar-refractivity contribution is 6.29. The van der Waals surface area contributed by atoms with Crippen LogP contribution in [-0.4, -0.2) is 47.5 Å². The van der Waals surface area contributed by atoms with Gasteiger partial charge in [-0.25, -0.2) is 0 Å². The molecular formula is C17H20ClN3O2. The number of carbonyl (C=O) groups excluding carboxylic acids is 1. The van der Waals surface area contributed by atoms with Gasteiger partial charge in [0.15, 0.2) is 5.15 Å². The van der Waals surface area contributed by atoms with Crippen molar-refractivity contribution in [3.63, 3.8) is 0 Å². The van der Waals surface area contributed by atoms with Gasteiger partial charge in [0.2, 0.25) is 5.91 Å². The lowest BCUT2D eigenvalue weighted by Crippen LogP contribution is -2.49. The number of halogens is 1. The summed E-state index contributed by atoms with van der Waals surface area (Å²) < 4.78 is 5.05. The highest BCUT2D eigenvalue weighted by Crippen LogP contribution is 2.24. The minimum atomic E-state index is 0.145. The third-order valence-corrected chi connectivity index (χ3v) is 4.48. The van der Waals surface area contributed by atoms with E-state index in [4.69, 9.17) is 16.1 Å². The molecule has 1 aliphatic rings. The van der Waals surface area contributed by atoms with Gasteiger partial charge in [-0.05, 0) is 12.6 Å². The molecule has 0 spiro atoms. The summed E-state index contributed by atoms with van der Waals surface area (Å²) in [6.45, 7) is 2.35. The number of likely N-dealkylation sites (N-methyl/N-ethyl adjacent to an activating group) is 1. The van der Waals surface area contributed by atoms with Gasteiger partial charge < -0.3 is 9.42 Å². The van der Waals surface area contributed by atoms with Crippen LogP contribution in [0.4, 0.5) is 0 Å². The lowest BCUT2D eigenvalue weighted by molar-refractivity contribution is -0.134. The fraction of sp³-hybridized carbons (Fsp3) is 0.412. The minimum absolute atomic E-state index is 0.145. The van der Waals surface area contributed by atoms with Gasteiger partial charge in [-0.1, -0.05) is 47.1 Å². The predicted molar refractivity (Wildman–Crippen MR) is 88.2 cm³/mol. The fourth-order valence-corrected chi connectivity index (χ4v) is 3.09. The molecule has 2 heterocycles. The third kappa shape index (κ3) is 3.92. The topological polar surface area (TPSA) is 49.6 Å². The molecule has 1 atom stereocenters. The number of piperazine rings is 1. The van der Waals surface area contributed by atoms with Gasteiger partial charge in [-0.15, -0.1) is 0 Å². The molecule has 0 aliphatic carbocycles. The van der Waals surface area contributed by atoms with Crippen LogP contribution in [0, 0.1) is 0 Å². The number of nitrogens with zero attached hydrogens (tertiary/aromatic N) is 3. The Morgan fingerprint density at radius 2 is 2.13 bits per heavy atom. The summed E-state index contributed by atoms with van der Waals surface area (Å²) in [7, 11) is 2.11. The molecule has 1 aromatic carbocycles. The second-order valence-electron chi connectivity index (χ2n) is 5.86. The van der Waals surface area contributed by atoms with Crippen molar-refractivity contribution in [3.05, 3.63) is 52.9 Å². The van der Waals surface area contributed by atoms with Crippen molar-refractivity contribution in [1.29, 1.82) is 0 Å². The lowest BCUT2D eigenvalue weighted by Gasteiger charge is -2.39. The molecule has 5 nitrogen and oxygen atoms in total. The zero-order chi connectivity index (χ0) is 16.2. The maximum atomic E-state index is 12.5. The molecule has 0 radical (unpaired) electrons. The standard InChI is InChI=1S/C17H20ClN3O2/c1-20-9-10-21(12-15(20)13-5-3-2-4-6-13)17(22)8-7-14-11-16(18)19-23-14/h2-6,11,15H,7-10,12H2,1H3/t15-/m1/s1. The summed E-state index contributed by atoms with van der Waals surface area (Å²) in [4.78, 5) is 16.7. The van der Waals surface area contributed by atoms with Crippen LogP contribution in [0.25, 0.3) is 0 Å². The van der Waals surface area contributed by atoms with E-state index in [1.54, 1.807) is 6.07 Å². The summed E-state index contributed by atoms with van der Waals surface area (Å²) >= 11 is 5.72. The Balaban J connectivity index is 1.60. The van der Waals surface area contributed by atoms with Crippen molar-refractivity contribution in [1.82, 2.24) is 15.0 Å². The maximum absolute atomic E-state index is 12.5. The molecule has 23 heavy (non-hydrogen) atoms.